The number of carbonyl (C=O) groups is 2. The molecule has 1 aromatic carbocycles. The Balaban J connectivity index is 2.94. The Morgan fingerprint density at radius 3 is 2.43 bits per heavy atom. The highest BCUT2D eigenvalue weighted by atomic mass is 16.5. The van der Waals surface area contributed by atoms with E-state index in [1.165, 1.54) is 0 Å². The number of methoxy groups -OCH3 is 1. The van der Waals surface area contributed by atoms with Crippen molar-refractivity contribution in [1.29, 1.82) is 0 Å². The average Bonchev–Trinajstić information content (AvgIpc) is 2.57. The van der Waals surface area contributed by atoms with Gasteiger partial charge < -0.3 is 14.2 Å². The van der Waals surface area contributed by atoms with Gasteiger partial charge in [0.15, 0.2) is 0 Å². The third-order valence-electron chi connectivity index (χ3n) is 2.94. The smallest absolute Gasteiger partial charge is 0.334 e. The Kier molecular flexibility index (Phi) is 8.50. The predicted octanol–water partition coefficient (Wildman–Crippen LogP) is 3.38. The SMILES string of the molecule is CCCOC(=O)CC(=Cc1cccc(OC)c1)C(=O)OCCC. The van der Waals surface area contributed by atoms with Crippen molar-refractivity contribution in [3.63, 3.8) is 0 Å². The first-order chi connectivity index (χ1) is 11.1. The van der Waals surface area contributed by atoms with E-state index in [2.05, 4.69) is 0 Å². The highest BCUT2D eigenvalue weighted by Crippen LogP contribution is 2.18. The van der Waals surface area contributed by atoms with E-state index in [9.17, 15) is 9.59 Å². The van der Waals surface area contributed by atoms with E-state index in [1.807, 2.05) is 32.0 Å². The van der Waals surface area contributed by atoms with Gasteiger partial charge in [0.25, 0.3) is 0 Å². The topological polar surface area (TPSA) is 61.8 Å². The van der Waals surface area contributed by atoms with Crippen molar-refractivity contribution in [2.24, 2.45) is 0 Å². The predicted molar refractivity (Wildman–Crippen MR) is 88.1 cm³/mol. The van der Waals surface area contributed by atoms with Gasteiger partial charge in [-0.2, -0.15) is 0 Å². The van der Waals surface area contributed by atoms with E-state index in [0.29, 0.717) is 19.0 Å². The zero-order valence-corrected chi connectivity index (χ0v) is 14.0. The van der Waals surface area contributed by atoms with Crippen LogP contribution in [0.3, 0.4) is 0 Å². The van der Waals surface area contributed by atoms with Gasteiger partial charge >= 0.3 is 11.9 Å². The number of hydrogen-bond donors (Lipinski definition) is 0. The lowest BCUT2D eigenvalue weighted by molar-refractivity contribution is -0.146. The summed E-state index contributed by atoms with van der Waals surface area (Å²) in [5, 5.41) is 0. The molecule has 0 heterocycles. The molecule has 126 valence electrons. The van der Waals surface area contributed by atoms with Crippen LogP contribution >= 0.6 is 0 Å². The fourth-order valence-corrected chi connectivity index (χ4v) is 1.82. The molecule has 0 aliphatic rings. The molecule has 23 heavy (non-hydrogen) atoms. The van der Waals surface area contributed by atoms with Gasteiger partial charge in [0.05, 0.1) is 26.7 Å². The number of rotatable bonds is 9. The fourth-order valence-electron chi connectivity index (χ4n) is 1.82. The molecule has 5 heteroatoms. The second-order valence-electron chi connectivity index (χ2n) is 4.98. The lowest BCUT2D eigenvalue weighted by Crippen LogP contribution is -2.14. The van der Waals surface area contributed by atoms with E-state index < -0.39 is 11.9 Å². The Bertz CT molecular complexity index is 548. The second-order valence-corrected chi connectivity index (χ2v) is 4.98. The molecule has 0 bridgehead atoms. The van der Waals surface area contributed by atoms with Gasteiger partial charge in [-0.3, -0.25) is 4.79 Å². The summed E-state index contributed by atoms with van der Waals surface area (Å²) in [5.74, 6) is -0.258. The monoisotopic (exact) mass is 320 g/mol. The largest absolute Gasteiger partial charge is 0.497 e. The molecule has 0 aromatic heterocycles. The van der Waals surface area contributed by atoms with Crippen LogP contribution in [0.2, 0.25) is 0 Å². The molecule has 0 saturated heterocycles. The second kappa shape index (κ2) is 10.4. The minimum absolute atomic E-state index is 0.111. The molecule has 0 unspecified atom stereocenters. The molecule has 0 aliphatic heterocycles. The molecular formula is C18H24O5. The molecule has 0 fully saturated rings. The third kappa shape index (κ3) is 7.00. The van der Waals surface area contributed by atoms with Crippen LogP contribution in [0, 0.1) is 0 Å². The summed E-state index contributed by atoms with van der Waals surface area (Å²) in [5.41, 5.74) is 1.03. The number of carbonyl (C=O) groups excluding carboxylic acids is 2. The molecule has 0 aliphatic carbocycles. The summed E-state index contributed by atoms with van der Waals surface area (Å²) < 4.78 is 15.3. The van der Waals surface area contributed by atoms with E-state index >= 15 is 0 Å². The van der Waals surface area contributed by atoms with Crippen LogP contribution in [-0.2, 0) is 19.1 Å². The first kappa shape index (κ1) is 18.7. The van der Waals surface area contributed by atoms with Gasteiger partial charge in [-0.05, 0) is 36.6 Å². The Morgan fingerprint density at radius 1 is 1.09 bits per heavy atom. The summed E-state index contributed by atoms with van der Waals surface area (Å²) in [7, 11) is 1.57. The van der Waals surface area contributed by atoms with Crippen molar-refractivity contribution in [2.75, 3.05) is 20.3 Å². The maximum atomic E-state index is 12.1. The van der Waals surface area contributed by atoms with Crippen LogP contribution in [0.15, 0.2) is 29.8 Å². The van der Waals surface area contributed by atoms with Gasteiger partial charge in [0, 0.05) is 5.57 Å². The Morgan fingerprint density at radius 2 is 1.78 bits per heavy atom. The van der Waals surface area contributed by atoms with Crippen molar-refractivity contribution in [1.82, 2.24) is 0 Å². The normalized spacial score (nSPS) is 11.0. The van der Waals surface area contributed by atoms with Crippen molar-refractivity contribution in [3.8, 4) is 5.75 Å². The van der Waals surface area contributed by atoms with Gasteiger partial charge in [0.2, 0.25) is 0 Å². The highest BCUT2D eigenvalue weighted by Gasteiger charge is 2.16. The zero-order valence-electron chi connectivity index (χ0n) is 14.0. The van der Waals surface area contributed by atoms with Crippen LogP contribution in [0.5, 0.6) is 5.75 Å². The standard InChI is InChI=1S/C18H24O5/c1-4-9-22-17(19)13-15(18(20)23-10-5-2)11-14-7-6-8-16(12-14)21-3/h6-8,11-12H,4-5,9-10,13H2,1-3H3. The lowest BCUT2D eigenvalue weighted by atomic mass is 10.1. The zero-order chi connectivity index (χ0) is 17.1. The van der Waals surface area contributed by atoms with Crippen LogP contribution in [0.4, 0.5) is 0 Å². The molecule has 5 nitrogen and oxygen atoms in total. The van der Waals surface area contributed by atoms with Crippen molar-refractivity contribution < 1.29 is 23.8 Å². The average molecular weight is 320 g/mol. The molecule has 0 saturated carbocycles. The van der Waals surface area contributed by atoms with Gasteiger partial charge in [-0.15, -0.1) is 0 Å². The molecule has 1 aromatic rings. The van der Waals surface area contributed by atoms with Gasteiger partial charge in [0.1, 0.15) is 5.75 Å². The first-order valence-electron chi connectivity index (χ1n) is 7.78. The Hall–Kier alpha value is -2.30. The van der Waals surface area contributed by atoms with Crippen LogP contribution in [0.1, 0.15) is 38.7 Å². The fraction of sp³-hybridized carbons (Fsp3) is 0.444. The van der Waals surface area contributed by atoms with Crippen LogP contribution in [-0.4, -0.2) is 32.3 Å². The Labute approximate surface area is 137 Å². The van der Waals surface area contributed by atoms with E-state index in [-0.39, 0.29) is 12.0 Å². The summed E-state index contributed by atoms with van der Waals surface area (Å²) in [6.07, 6.45) is 2.98. The van der Waals surface area contributed by atoms with E-state index in [0.717, 1.165) is 18.4 Å². The molecule has 0 radical (unpaired) electrons. The highest BCUT2D eigenvalue weighted by molar-refractivity contribution is 5.98. The minimum atomic E-state index is -0.497. The quantitative estimate of drug-likeness (QED) is 0.515. The molecule has 0 N–H and O–H groups in total. The lowest BCUT2D eigenvalue weighted by Gasteiger charge is -2.09. The third-order valence-corrected chi connectivity index (χ3v) is 2.94. The van der Waals surface area contributed by atoms with E-state index in [1.54, 1.807) is 19.3 Å². The molecule has 0 spiro atoms. The van der Waals surface area contributed by atoms with Gasteiger partial charge in [-0.1, -0.05) is 26.0 Å². The van der Waals surface area contributed by atoms with Crippen molar-refractivity contribution in [3.05, 3.63) is 35.4 Å². The summed E-state index contributed by atoms with van der Waals surface area (Å²) in [4.78, 5) is 23.9. The van der Waals surface area contributed by atoms with Gasteiger partial charge in [-0.25, -0.2) is 4.79 Å². The summed E-state index contributed by atoms with van der Waals surface area (Å²) in [6, 6.07) is 7.23. The molecule has 1 rings (SSSR count). The maximum absolute atomic E-state index is 12.1. The summed E-state index contributed by atoms with van der Waals surface area (Å²) >= 11 is 0. The number of benzene rings is 1. The number of esters is 2. The number of ether oxygens (including phenoxy) is 3. The number of hydrogen-bond acceptors (Lipinski definition) is 5. The molecular weight excluding hydrogens is 296 g/mol. The van der Waals surface area contributed by atoms with Crippen molar-refractivity contribution >= 4 is 18.0 Å². The van der Waals surface area contributed by atoms with Crippen LogP contribution < -0.4 is 4.74 Å². The first-order valence-corrected chi connectivity index (χ1v) is 7.78. The van der Waals surface area contributed by atoms with E-state index in [4.69, 9.17) is 14.2 Å². The molecule has 0 atom stereocenters. The summed E-state index contributed by atoms with van der Waals surface area (Å²) in [6.45, 7) is 4.48. The van der Waals surface area contributed by atoms with Crippen molar-refractivity contribution in [2.45, 2.75) is 33.1 Å². The van der Waals surface area contributed by atoms with Crippen LogP contribution in [0.25, 0.3) is 6.08 Å². The maximum Gasteiger partial charge on any atom is 0.334 e. The molecule has 0 amide bonds. The minimum Gasteiger partial charge on any atom is -0.497 e.